The second-order valence-corrected chi connectivity index (χ2v) is 6.61. The zero-order valence-corrected chi connectivity index (χ0v) is 14.2. The summed E-state index contributed by atoms with van der Waals surface area (Å²) in [7, 11) is 0. The number of hydrogen-bond donors (Lipinski definition) is 0. The summed E-state index contributed by atoms with van der Waals surface area (Å²) in [5.74, 6) is 0.489. The maximum Gasteiger partial charge on any atom is 0.108 e. The molecule has 5 nitrogen and oxygen atoms in total. The number of aromatic nitrogens is 4. The number of rotatable bonds is 3. The third-order valence-corrected chi connectivity index (χ3v) is 4.86. The molecule has 0 aliphatic carbocycles. The van der Waals surface area contributed by atoms with Gasteiger partial charge in [0.1, 0.15) is 10.1 Å². The Hall–Kier alpha value is -1.79. The first-order valence-electron chi connectivity index (χ1n) is 7.79. The van der Waals surface area contributed by atoms with E-state index in [0.29, 0.717) is 5.92 Å². The van der Waals surface area contributed by atoms with Crippen molar-refractivity contribution in [1.82, 2.24) is 19.5 Å². The van der Waals surface area contributed by atoms with Crippen molar-refractivity contribution in [2.24, 2.45) is 5.92 Å². The Morgan fingerprint density at radius 1 is 1.17 bits per heavy atom. The summed E-state index contributed by atoms with van der Waals surface area (Å²) in [5.41, 5.74) is 3.06. The van der Waals surface area contributed by atoms with Gasteiger partial charge in [-0.05, 0) is 52.9 Å². The highest BCUT2D eigenvalue weighted by Gasteiger charge is 2.29. The summed E-state index contributed by atoms with van der Waals surface area (Å²) in [6.45, 7) is 1.62. The topological polar surface area (TPSA) is 52.8 Å². The first kappa shape index (κ1) is 14.8. The van der Waals surface area contributed by atoms with Crippen LogP contribution in [0.1, 0.15) is 24.6 Å². The molecule has 0 radical (unpaired) electrons. The molecule has 1 aliphatic heterocycles. The van der Waals surface area contributed by atoms with E-state index >= 15 is 0 Å². The van der Waals surface area contributed by atoms with Crippen molar-refractivity contribution in [2.45, 2.75) is 18.9 Å². The molecule has 0 saturated carbocycles. The third-order valence-electron chi connectivity index (χ3n) is 4.43. The Bertz CT molecular complexity index is 799. The summed E-state index contributed by atoms with van der Waals surface area (Å²) >= 11 is 3.46. The number of imidazole rings is 1. The molecule has 0 spiro atoms. The van der Waals surface area contributed by atoms with Crippen LogP contribution in [-0.4, -0.2) is 32.7 Å². The Labute approximate surface area is 142 Å². The zero-order valence-electron chi connectivity index (χ0n) is 12.6. The molecule has 3 aromatic rings. The molecule has 1 saturated heterocycles. The van der Waals surface area contributed by atoms with Crippen LogP contribution in [0.25, 0.3) is 11.0 Å². The van der Waals surface area contributed by atoms with Crippen LogP contribution in [0.2, 0.25) is 0 Å². The summed E-state index contributed by atoms with van der Waals surface area (Å²) in [6.07, 6.45) is 7.64. The van der Waals surface area contributed by atoms with Gasteiger partial charge in [0.15, 0.2) is 0 Å². The van der Waals surface area contributed by atoms with E-state index in [4.69, 9.17) is 4.74 Å². The molecule has 0 bridgehead atoms. The minimum Gasteiger partial charge on any atom is -0.381 e. The van der Waals surface area contributed by atoms with Gasteiger partial charge in [-0.25, -0.2) is 9.97 Å². The van der Waals surface area contributed by atoms with Gasteiger partial charge >= 0.3 is 0 Å². The van der Waals surface area contributed by atoms with Gasteiger partial charge in [0, 0.05) is 19.4 Å². The highest BCUT2D eigenvalue weighted by molar-refractivity contribution is 9.10. The predicted molar refractivity (Wildman–Crippen MR) is 91.1 cm³/mol. The van der Waals surface area contributed by atoms with Gasteiger partial charge in [-0.15, -0.1) is 0 Å². The molecule has 0 aromatic carbocycles. The third kappa shape index (κ3) is 2.88. The normalized spacial score (nSPS) is 17.4. The average Bonchev–Trinajstić information content (AvgIpc) is 3.00. The Kier molecular flexibility index (Phi) is 4.10. The van der Waals surface area contributed by atoms with Gasteiger partial charge in [0.25, 0.3) is 0 Å². The van der Waals surface area contributed by atoms with Crippen molar-refractivity contribution in [3.05, 3.63) is 53.3 Å². The summed E-state index contributed by atoms with van der Waals surface area (Å²) < 4.78 is 8.60. The smallest absolute Gasteiger partial charge is 0.108 e. The first-order valence-corrected chi connectivity index (χ1v) is 8.59. The molecule has 1 unspecified atom stereocenters. The molecule has 3 aromatic heterocycles. The Balaban J connectivity index is 1.84. The van der Waals surface area contributed by atoms with Crippen LogP contribution in [0.3, 0.4) is 0 Å². The lowest BCUT2D eigenvalue weighted by atomic mass is 9.89. The number of ether oxygens (including phenoxy) is 1. The van der Waals surface area contributed by atoms with Crippen LogP contribution in [-0.2, 0) is 4.74 Å². The van der Waals surface area contributed by atoms with Crippen molar-refractivity contribution in [3.8, 4) is 0 Å². The number of fused-ring (bicyclic) bond motifs is 1. The SMILES string of the molecule is Brc1cc2c(cn1)ncn2C(c1ccccn1)C1CCOCC1. The van der Waals surface area contributed by atoms with E-state index in [1.165, 1.54) is 0 Å². The molecule has 4 rings (SSSR count). The highest BCUT2D eigenvalue weighted by Crippen LogP contribution is 2.34. The largest absolute Gasteiger partial charge is 0.381 e. The second-order valence-electron chi connectivity index (χ2n) is 5.80. The van der Waals surface area contributed by atoms with Crippen LogP contribution < -0.4 is 0 Å². The lowest BCUT2D eigenvalue weighted by Gasteiger charge is -2.31. The molecular weight excluding hydrogens is 356 g/mol. The number of hydrogen-bond acceptors (Lipinski definition) is 4. The Morgan fingerprint density at radius 2 is 2.04 bits per heavy atom. The van der Waals surface area contributed by atoms with Crippen molar-refractivity contribution in [2.75, 3.05) is 13.2 Å². The molecule has 0 amide bonds. The molecule has 23 heavy (non-hydrogen) atoms. The van der Waals surface area contributed by atoms with Crippen molar-refractivity contribution >= 4 is 27.0 Å². The molecule has 1 fully saturated rings. The van der Waals surface area contributed by atoms with E-state index in [1.54, 1.807) is 6.20 Å². The van der Waals surface area contributed by atoms with Gasteiger partial charge in [-0.1, -0.05) is 6.07 Å². The van der Waals surface area contributed by atoms with Crippen LogP contribution in [0.4, 0.5) is 0 Å². The summed E-state index contributed by atoms with van der Waals surface area (Å²) in [4.78, 5) is 13.4. The van der Waals surface area contributed by atoms with E-state index in [9.17, 15) is 0 Å². The molecule has 118 valence electrons. The van der Waals surface area contributed by atoms with Crippen molar-refractivity contribution in [1.29, 1.82) is 0 Å². The van der Waals surface area contributed by atoms with Crippen LogP contribution in [0, 0.1) is 5.92 Å². The van der Waals surface area contributed by atoms with Crippen molar-refractivity contribution < 1.29 is 4.74 Å². The van der Waals surface area contributed by atoms with E-state index in [0.717, 1.165) is 47.4 Å². The fourth-order valence-corrected chi connectivity index (χ4v) is 3.64. The van der Waals surface area contributed by atoms with Crippen LogP contribution in [0.5, 0.6) is 0 Å². The quantitative estimate of drug-likeness (QED) is 0.659. The average molecular weight is 373 g/mol. The fraction of sp³-hybridized carbons (Fsp3) is 0.353. The number of nitrogens with zero attached hydrogens (tertiary/aromatic N) is 4. The van der Waals surface area contributed by atoms with Crippen LogP contribution in [0.15, 0.2) is 47.6 Å². The number of halogens is 1. The van der Waals surface area contributed by atoms with Crippen molar-refractivity contribution in [3.63, 3.8) is 0 Å². The van der Waals surface area contributed by atoms with Gasteiger partial charge in [0.05, 0.1) is 29.8 Å². The molecule has 0 N–H and O–H groups in total. The lowest BCUT2D eigenvalue weighted by Crippen LogP contribution is -2.27. The zero-order chi connectivity index (χ0) is 15.6. The maximum absolute atomic E-state index is 5.55. The lowest BCUT2D eigenvalue weighted by molar-refractivity contribution is 0.0542. The van der Waals surface area contributed by atoms with Gasteiger partial charge < -0.3 is 9.30 Å². The molecule has 1 atom stereocenters. The van der Waals surface area contributed by atoms with Gasteiger partial charge in [-0.2, -0.15) is 0 Å². The van der Waals surface area contributed by atoms with Gasteiger partial charge in [-0.3, -0.25) is 4.98 Å². The fourth-order valence-electron chi connectivity index (χ4n) is 3.32. The van der Waals surface area contributed by atoms with Gasteiger partial charge in [0.2, 0.25) is 0 Å². The Morgan fingerprint density at radius 3 is 2.83 bits per heavy atom. The number of pyridine rings is 2. The first-order chi connectivity index (χ1) is 11.3. The maximum atomic E-state index is 5.55. The van der Waals surface area contributed by atoms with E-state index in [2.05, 4.69) is 41.5 Å². The van der Waals surface area contributed by atoms with Crippen LogP contribution >= 0.6 is 15.9 Å². The standard InChI is InChI=1S/C17H17BrN4O/c18-16-9-15-14(10-20-16)21-11-22(15)17(12-4-7-23-8-5-12)13-3-1-2-6-19-13/h1-3,6,9-12,17H,4-5,7-8H2. The minimum absolute atomic E-state index is 0.166. The molecule has 6 heteroatoms. The molecular formula is C17H17BrN4O. The van der Waals surface area contributed by atoms with E-state index < -0.39 is 0 Å². The van der Waals surface area contributed by atoms with E-state index in [1.807, 2.05) is 30.7 Å². The molecule has 4 heterocycles. The summed E-state index contributed by atoms with van der Waals surface area (Å²) in [6, 6.07) is 8.29. The minimum atomic E-state index is 0.166. The monoisotopic (exact) mass is 372 g/mol. The predicted octanol–water partition coefficient (Wildman–Crippen LogP) is 3.60. The highest BCUT2D eigenvalue weighted by atomic mass is 79.9. The molecule has 1 aliphatic rings. The summed E-state index contributed by atoms with van der Waals surface area (Å²) in [5, 5.41) is 0. The second kappa shape index (κ2) is 6.37. The van der Waals surface area contributed by atoms with E-state index in [-0.39, 0.29) is 6.04 Å².